The largest absolute Gasteiger partial charge is 0.493 e. The van der Waals surface area contributed by atoms with Gasteiger partial charge >= 0.3 is 0 Å². The summed E-state index contributed by atoms with van der Waals surface area (Å²) in [5.41, 5.74) is 2.58. The maximum atomic E-state index is 13.5. The fourth-order valence-electron chi connectivity index (χ4n) is 6.10. The standard InChI is InChI=1S/C32H39N5O6/c1-42-26-13-12-20(14-27(26)43-2)16-34-31(40)25(15-22-17-33-24-11-7-6-10-23(22)24)35-28(38)18-37-19-29(39)36-30(32(37)41)21-8-4-3-5-9-21/h6-7,10-14,17,21,25,30,33H,3-5,8-9,15-16,18-19H2,1-2H3,(H,34,40)(H,35,38)(H,36,39). The van der Waals surface area contributed by atoms with Crippen molar-refractivity contribution in [2.24, 2.45) is 5.92 Å². The van der Waals surface area contributed by atoms with Gasteiger partial charge < -0.3 is 35.3 Å². The number of aromatic nitrogens is 1. The molecule has 0 radical (unpaired) electrons. The summed E-state index contributed by atoms with van der Waals surface area (Å²) in [5.74, 6) is -0.201. The number of carbonyl (C=O) groups is 4. The van der Waals surface area contributed by atoms with Gasteiger partial charge in [-0.1, -0.05) is 43.5 Å². The molecule has 2 fully saturated rings. The van der Waals surface area contributed by atoms with E-state index < -0.39 is 18.0 Å². The molecule has 5 rings (SSSR count). The Morgan fingerprint density at radius 2 is 1.79 bits per heavy atom. The summed E-state index contributed by atoms with van der Waals surface area (Å²) in [6.45, 7) is -0.288. The van der Waals surface area contributed by atoms with E-state index in [4.69, 9.17) is 9.47 Å². The molecule has 1 aromatic heterocycles. The van der Waals surface area contributed by atoms with Crippen LogP contribution >= 0.6 is 0 Å². The number of para-hydroxylation sites is 1. The summed E-state index contributed by atoms with van der Waals surface area (Å²) in [5, 5.41) is 9.55. The van der Waals surface area contributed by atoms with Crippen LogP contribution in [0.1, 0.15) is 43.2 Å². The Morgan fingerprint density at radius 3 is 2.56 bits per heavy atom. The van der Waals surface area contributed by atoms with Gasteiger partial charge in [-0.15, -0.1) is 0 Å². The van der Waals surface area contributed by atoms with Gasteiger partial charge in [0, 0.05) is 30.1 Å². The highest BCUT2D eigenvalue weighted by Crippen LogP contribution is 2.29. The fourth-order valence-corrected chi connectivity index (χ4v) is 6.10. The third-order valence-corrected chi connectivity index (χ3v) is 8.35. The lowest BCUT2D eigenvalue weighted by Crippen LogP contribution is -2.62. The Morgan fingerprint density at radius 1 is 1.02 bits per heavy atom. The molecule has 228 valence electrons. The Balaban J connectivity index is 1.29. The number of ether oxygens (including phenoxy) is 2. The summed E-state index contributed by atoms with van der Waals surface area (Å²) in [4.78, 5) is 57.2. The van der Waals surface area contributed by atoms with E-state index in [1.54, 1.807) is 26.4 Å². The van der Waals surface area contributed by atoms with Crippen LogP contribution in [0.15, 0.2) is 48.7 Å². The minimum Gasteiger partial charge on any atom is -0.493 e. The van der Waals surface area contributed by atoms with Crippen LogP contribution in [0.3, 0.4) is 0 Å². The molecule has 0 spiro atoms. The van der Waals surface area contributed by atoms with Crippen molar-refractivity contribution in [2.75, 3.05) is 27.3 Å². The van der Waals surface area contributed by atoms with Crippen LogP contribution in [0.25, 0.3) is 10.9 Å². The monoisotopic (exact) mass is 589 g/mol. The Labute approximate surface area is 250 Å². The van der Waals surface area contributed by atoms with Crippen molar-refractivity contribution in [2.45, 2.75) is 57.2 Å². The first kappa shape index (κ1) is 29.9. The number of rotatable bonds is 11. The third-order valence-electron chi connectivity index (χ3n) is 8.35. The summed E-state index contributed by atoms with van der Waals surface area (Å²) in [6.07, 6.45) is 7.00. The van der Waals surface area contributed by atoms with Gasteiger partial charge in [-0.3, -0.25) is 19.2 Å². The number of H-pyrrole nitrogens is 1. The molecular formula is C32H39N5O6. The zero-order valence-electron chi connectivity index (χ0n) is 24.6. The number of benzene rings is 2. The average Bonchev–Trinajstić information content (AvgIpc) is 3.44. The third kappa shape index (κ3) is 7.10. The summed E-state index contributed by atoms with van der Waals surface area (Å²) in [7, 11) is 3.10. The molecule has 4 amide bonds. The topological polar surface area (TPSA) is 142 Å². The van der Waals surface area contributed by atoms with E-state index in [0.717, 1.165) is 54.1 Å². The van der Waals surface area contributed by atoms with Crippen molar-refractivity contribution in [3.05, 3.63) is 59.8 Å². The first-order chi connectivity index (χ1) is 20.9. The predicted octanol–water partition coefficient (Wildman–Crippen LogP) is 2.44. The van der Waals surface area contributed by atoms with Crippen molar-refractivity contribution in [3.8, 4) is 11.5 Å². The minimum absolute atomic E-state index is 0.0769. The number of amides is 4. The number of piperazine rings is 1. The second-order valence-electron chi connectivity index (χ2n) is 11.2. The molecule has 11 heteroatoms. The van der Waals surface area contributed by atoms with Gasteiger partial charge in [-0.2, -0.15) is 0 Å². The van der Waals surface area contributed by atoms with E-state index >= 15 is 0 Å². The van der Waals surface area contributed by atoms with Crippen LogP contribution in [0, 0.1) is 5.92 Å². The van der Waals surface area contributed by atoms with Gasteiger partial charge in [0.2, 0.25) is 23.6 Å². The highest BCUT2D eigenvalue weighted by molar-refractivity contribution is 5.98. The Bertz CT molecular complexity index is 1480. The van der Waals surface area contributed by atoms with Crippen LogP contribution < -0.4 is 25.4 Å². The average molecular weight is 590 g/mol. The normalized spacial score (nSPS) is 18.2. The SMILES string of the molecule is COc1ccc(CNC(=O)C(Cc2c[nH]c3ccccc23)NC(=O)CN2CC(=O)NC(C3CCCCC3)C2=O)cc1OC. The molecule has 3 aromatic rings. The molecule has 1 aliphatic heterocycles. The molecule has 1 saturated carbocycles. The summed E-state index contributed by atoms with van der Waals surface area (Å²) in [6, 6.07) is 11.6. The number of hydrogen-bond acceptors (Lipinski definition) is 6. The molecule has 1 saturated heterocycles. The predicted molar refractivity (Wildman–Crippen MR) is 160 cm³/mol. The van der Waals surface area contributed by atoms with E-state index in [0.29, 0.717) is 11.5 Å². The molecular weight excluding hydrogens is 550 g/mol. The molecule has 2 aliphatic rings. The van der Waals surface area contributed by atoms with Crippen molar-refractivity contribution >= 4 is 34.5 Å². The smallest absolute Gasteiger partial charge is 0.246 e. The summed E-state index contributed by atoms with van der Waals surface area (Å²) < 4.78 is 10.7. The number of carbonyl (C=O) groups excluding carboxylic acids is 4. The van der Waals surface area contributed by atoms with Crippen LogP contribution in [-0.4, -0.2) is 72.9 Å². The Kier molecular flexibility index (Phi) is 9.48. The Hall–Kier alpha value is -4.54. The van der Waals surface area contributed by atoms with Crippen molar-refractivity contribution in [1.82, 2.24) is 25.8 Å². The highest BCUT2D eigenvalue weighted by atomic mass is 16.5. The number of methoxy groups -OCH3 is 2. The number of fused-ring (bicyclic) bond motifs is 1. The second kappa shape index (κ2) is 13.6. The molecule has 11 nitrogen and oxygen atoms in total. The minimum atomic E-state index is -0.922. The zero-order valence-corrected chi connectivity index (χ0v) is 24.6. The van der Waals surface area contributed by atoms with E-state index in [9.17, 15) is 19.2 Å². The maximum Gasteiger partial charge on any atom is 0.246 e. The van der Waals surface area contributed by atoms with Gasteiger partial charge in [0.15, 0.2) is 11.5 Å². The lowest BCUT2D eigenvalue weighted by molar-refractivity contribution is -0.148. The summed E-state index contributed by atoms with van der Waals surface area (Å²) >= 11 is 0. The zero-order chi connectivity index (χ0) is 30.3. The molecule has 2 atom stereocenters. The molecule has 0 bridgehead atoms. The van der Waals surface area contributed by atoms with Crippen molar-refractivity contribution in [3.63, 3.8) is 0 Å². The van der Waals surface area contributed by atoms with Gasteiger partial charge in [0.25, 0.3) is 0 Å². The number of hydrogen-bond donors (Lipinski definition) is 4. The molecule has 2 aromatic carbocycles. The number of aromatic amines is 1. The van der Waals surface area contributed by atoms with E-state index in [1.165, 1.54) is 4.90 Å². The fraction of sp³-hybridized carbons (Fsp3) is 0.438. The van der Waals surface area contributed by atoms with Crippen LogP contribution in [0.5, 0.6) is 11.5 Å². The quantitative estimate of drug-likeness (QED) is 0.271. The van der Waals surface area contributed by atoms with Gasteiger partial charge in [0.1, 0.15) is 25.2 Å². The van der Waals surface area contributed by atoms with Gasteiger partial charge in [-0.25, -0.2) is 0 Å². The molecule has 1 aliphatic carbocycles. The van der Waals surface area contributed by atoms with Crippen LogP contribution in [0.2, 0.25) is 0 Å². The molecule has 4 N–H and O–H groups in total. The van der Waals surface area contributed by atoms with Crippen LogP contribution in [0.4, 0.5) is 0 Å². The van der Waals surface area contributed by atoms with Crippen molar-refractivity contribution in [1.29, 1.82) is 0 Å². The molecule has 2 heterocycles. The lowest BCUT2D eigenvalue weighted by atomic mass is 9.82. The van der Waals surface area contributed by atoms with Gasteiger partial charge in [-0.05, 0) is 48.1 Å². The lowest BCUT2D eigenvalue weighted by Gasteiger charge is -2.37. The second-order valence-corrected chi connectivity index (χ2v) is 11.2. The van der Waals surface area contributed by atoms with E-state index in [1.807, 2.05) is 36.5 Å². The first-order valence-corrected chi connectivity index (χ1v) is 14.8. The molecule has 2 unspecified atom stereocenters. The number of nitrogens with zero attached hydrogens (tertiary/aromatic N) is 1. The molecule has 43 heavy (non-hydrogen) atoms. The highest BCUT2D eigenvalue weighted by Gasteiger charge is 2.39. The number of nitrogens with one attached hydrogen (secondary N) is 4. The van der Waals surface area contributed by atoms with Crippen LogP contribution in [-0.2, 0) is 32.1 Å². The van der Waals surface area contributed by atoms with E-state index in [-0.39, 0.29) is 49.7 Å². The first-order valence-electron chi connectivity index (χ1n) is 14.8. The maximum absolute atomic E-state index is 13.5. The van der Waals surface area contributed by atoms with E-state index in [2.05, 4.69) is 20.9 Å². The van der Waals surface area contributed by atoms with Gasteiger partial charge in [0.05, 0.1) is 14.2 Å². The van der Waals surface area contributed by atoms with Crippen molar-refractivity contribution < 1.29 is 28.7 Å².